The highest BCUT2D eigenvalue weighted by molar-refractivity contribution is 6.11. The second-order valence-electron chi connectivity index (χ2n) is 13.2. The van der Waals surface area contributed by atoms with Gasteiger partial charge in [0.25, 0.3) is 11.8 Å². The number of nitrogens with zero attached hydrogens (tertiary/aromatic N) is 3. The number of Topliss-reactive ketones (excluding diaryl/α,β-unsaturated/α-hetero) is 1. The molecule has 0 bridgehead atoms. The zero-order chi connectivity index (χ0) is 37.6. The predicted molar refractivity (Wildman–Crippen MR) is 214 cm³/mol. The molecule has 7 rings (SSSR count). The quantitative estimate of drug-likeness (QED) is 0.137. The minimum atomic E-state index is -0.453. The van der Waals surface area contributed by atoms with Gasteiger partial charge >= 0.3 is 0 Å². The Kier molecular flexibility index (Phi) is 10.3. The van der Waals surface area contributed by atoms with E-state index in [4.69, 9.17) is 0 Å². The maximum Gasteiger partial charge on any atom is 0.255 e. The summed E-state index contributed by atoms with van der Waals surface area (Å²) in [5.41, 5.74) is 11.1. The fourth-order valence-corrected chi connectivity index (χ4v) is 6.31. The largest absolute Gasteiger partial charge is 0.322 e. The van der Waals surface area contributed by atoms with Crippen molar-refractivity contribution in [1.82, 2.24) is 15.0 Å². The van der Waals surface area contributed by atoms with Crippen LogP contribution in [0.1, 0.15) is 53.3 Å². The lowest BCUT2D eigenvalue weighted by Crippen LogP contribution is -2.18. The number of aryl methyl sites for hydroxylation is 3. The van der Waals surface area contributed by atoms with Gasteiger partial charge in [0.1, 0.15) is 0 Å². The maximum atomic E-state index is 13.8. The summed E-state index contributed by atoms with van der Waals surface area (Å²) in [6, 6.07) is 38.7. The smallest absolute Gasteiger partial charge is 0.255 e. The van der Waals surface area contributed by atoms with E-state index >= 15 is 0 Å². The number of rotatable bonds is 10. The van der Waals surface area contributed by atoms with Gasteiger partial charge in [-0.05, 0) is 104 Å². The van der Waals surface area contributed by atoms with Crippen molar-refractivity contribution < 1.29 is 14.4 Å². The number of anilines is 2. The van der Waals surface area contributed by atoms with E-state index in [1.165, 1.54) is 18.2 Å². The molecule has 3 aromatic heterocycles. The average Bonchev–Trinajstić information content (AvgIpc) is 3.19. The van der Waals surface area contributed by atoms with Gasteiger partial charge in [0.2, 0.25) is 0 Å². The van der Waals surface area contributed by atoms with Gasteiger partial charge in [-0.15, -0.1) is 0 Å². The number of hydrogen-bond donors (Lipinski definition) is 2. The molecule has 2 N–H and O–H groups in total. The SMILES string of the molecule is Cc1cccnc1-c1ccc(CC(=O)c2cc(C(=O)Nc3ccc(-c4ncccc4C)cc3)cc(C(=O)Nc3ccc(-c4ncccc4C)cc3)c2)cc1. The van der Waals surface area contributed by atoms with Crippen LogP contribution in [0.4, 0.5) is 11.4 Å². The lowest BCUT2D eigenvalue weighted by molar-refractivity contribution is 0.0993. The zero-order valence-electron chi connectivity index (χ0n) is 30.1. The fraction of sp³-hybridized carbons (Fsp3) is 0.0870. The predicted octanol–water partition coefficient (Wildman–Crippen LogP) is 9.73. The second kappa shape index (κ2) is 15.7. The third kappa shape index (κ3) is 8.03. The number of carbonyl (C=O) groups is 3. The van der Waals surface area contributed by atoms with Crippen LogP contribution in [0, 0.1) is 20.8 Å². The van der Waals surface area contributed by atoms with Crippen LogP contribution in [0.2, 0.25) is 0 Å². The van der Waals surface area contributed by atoms with Crippen LogP contribution >= 0.6 is 0 Å². The summed E-state index contributed by atoms with van der Waals surface area (Å²) in [6.07, 6.45) is 5.33. The number of benzene rings is 4. The lowest BCUT2D eigenvalue weighted by Gasteiger charge is -2.12. The first-order chi connectivity index (χ1) is 26.2. The van der Waals surface area contributed by atoms with E-state index < -0.39 is 11.8 Å². The Labute approximate surface area is 314 Å². The third-order valence-corrected chi connectivity index (χ3v) is 9.23. The van der Waals surface area contributed by atoms with Gasteiger partial charge in [-0.3, -0.25) is 29.3 Å². The molecule has 54 heavy (non-hydrogen) atoms. The molecule has 0 radical (unpaired) electrons. The van der Waals surface area contributed by atoms with E-state index in [-0.39, 0.29) is 28.9 Å². The summed E-state index contributed by atoms with van der Waals surface area (Å²) in [5.74, 6) is -1.14. The Morgan fingerprint density at radius 2 is 0.815 bits per heavy atom. The van der Waals surface area contributed by atoms with Gasteiger partial charge in [-0.2, -0.15) is 0 Å². The molecular formula is C46H37N5O3. The zero-order valence-corrected chi connectivity index (χ0v) is 30.1. The Morgan fingerprint density at radius 1 is 0.463 bits per heavy atom. The van der Waals surface area contributed by atoms with Crippen molar-refractivity contribution in [2.24, 2.45) is 0 Å². The van der Waals surface area contributed by atoms with Crippen LogP contribution in [-0.2, 0) is 6.42 Å². The Bertz CT molecular complexity index is 2200. The van der Waals surface area contributed by atoms with Gasteiger partial charge in [0.15, 0.2) is 5.78 Å². The molecule has 0 spiro atoms. The van der Waals surface area contributed by atoms with Crippen LogP contribution in [-0.4, -0.2) is 32.5 Å². The topological polar surface area (TPSA) is 114 Å². The van der Waals surface area contributed by atoms with Crippen LogP contribution < -0.4 is 10.6 Å². The number of amides is 2. The number of pyridine rings is 3. The summed E-state index contributed by atoms with van der Waals surface area (Å²) in [4.78, 5) is 54.7. The first kappa shape index (κ1) is 35.3. The van der Waals surface area contributed by atoms with E-state index in [1.807, 2.05) is 106 Å². The first-order valence-electron chi connectivity index (χ1n) is 17.6. The van der Waals surface area contributed by atoms with Crippen molar-refractivity contribution in [2.75, 3.05) is 10.6 Å². The molecule has 0 unspecified atom stereocenters. The minimum Gasteiger partial charge on any atom is -0.322 e. The molecule has 0 saturated heterocycles. The first-order valence-corrected chi connectivity index (χ1v) is 17.6. The van der Waals surface area contributed by atoms with Crippen molar-refractivity contribution >= 4 is 29.0 Å². The standard InChI is InChI=1S/C46H37N5O3/c1-29-7-4-22-47-42(29)33-12-10-32(11-13-33)25-41(52)36-26-37(45(53)50-39-18-14-34(15-19-39)43-30(2)8-5-23-48-43)28-38(27-36)46(54)51-40-20-16-35(17-21-40)44-31(3)9-6-24-49-44/h4-24,26-28H,25H2,1-3H3,(H,50,53)(H,51,54). The number of carbonyl (C=O) groups excluding carboxylic acids is 3. The van der Waals surface area contributed by atoms with Crippen molar-refractivity contribution in [3.05, 3.63) is 185 Å². The highest BCUT2D eigenvalue weighted by atomic mass is 16.2. The number of hydrogen-bond acceptors (Lipinski definition) is 6. The summed E-state index contributed by atoms with van der Waals surface area (Å²) >= 11 is 0. The van der Waals surface area contributed by atoms with Crippen LogP contribution in [0.15, 0.2) is 146 Å². The average molecular weight is 708 g/mol. The number of nitrogens with one attached hydrogen (secondary N) is 2. The van der Waals surface area contributed by atoms with Crippen molar-refractivity contribution in [3.63, 3.8) is 0 Å². The summed E-state index contributed by atoms with van der Waals surface area (Å²) in [6.45, 7) is 6.00. The van der Waals surface area contributed by atoms with E-state index in [9.17, 15) is 14.4 Å². The van der Waals surface area contributed by atoms with Gasteiger partial charge < -0.3 is 10.6 Å². The van der Waals surface area contributed by atoms with E-state index in [0.717, 1.165) is 56.0 Å². The normalized spacial score (nSPS) is 10.8. The van der Waals surface area contributed by atoms with Gasteiger partial charge in [-0.1, -0.05) is 66.7 Å². The highest BCUT2D eigenvalue weighted by Gasteiger charge is 2.18. The molecule has 0 saturated carbocycles. The summed E-state index contributed by atoms with van der Waals surface area (Å²) in [7, 11) is 0. The van der Waals surface area contributed by atoms with E-state index in [0.29, 0.717) is 11.4 Å². The summed E-state index contributed by atoms with van der Waals surface area (Å²) in [5, 5.41) is 5.84. The van der Waals surface area contributed by atoms with E-state index in [2.05, 4.69) is 25.6 Å². The Hall–Kier alpha value is -7.06. The van der Waals surface area contributed by atoms with Crippen molar-refractivity contribution in [1.29, 1.82) is 0 Å². The molecule has 7 aromatic rings. The molecule has 4 aromatic carbocycles. The molecule has 0 aliphatic rings. The fourth-order valence-electron chi connectivity index (χ4n) is 6.31. The maximum absolute atomic E-state index is 13.8. The monoisotopic (exact) mass is 707 g/mol. The van der Waals surface area contributed by atoms with Crippen LogP contribution in [0.25, 0.3) is 33.8 Å². The van der Waals surface area contributed by atoms with Crippen LogP contribution in [0.5, 0.6) is 0 Å². The second-order valence-corrected chi connectivity index (χ2v) is 13.2. The molecule has 2 amide bonds. The van der Waals surface area contributed by atoms with Crippen molar-refractivity contribution in [3.8, 4) is 33.8 Å². The Morgan fingerprint density at radius 3 is 1.19 bits per heavy atom. The molecule has 8 heteroatoms. The third-order valence-electron chi connectivity index (χ3n) is 9.23. The van der Waals surface area contributed by atoms with Gasteiger partial charge in [-0.25, -0.2) is 0 Å². The van der Waals surface area contributed by atoms with Crippen LogP contribution in [0.3, 0.4) is 0 Å². The van der Waals surface area contributed by atoms with Gasteiger partial charge in [0.05, 0.1) is 17.1 Å². The molecule has 3 heterocycles. The van der Waals surface area contributed by atoms with Gasteiger partial charge in [0, 0.05) is 69.8 Å². The summed E-state index contributed by atoms with van der Waals surface area (Å²) < 4.78 is 0. The molecular weight excluding hydrogens is 671 g/mol. The number of aromatic nitrogens is 3. The minimum absolute atomic E-state index is 0.0798. The number of ketones is 1. The molecule has 0 aliphatic carbocycles. The highest BCUT2D eigenvalue weighted by Crippen LogP contribution is 2.26. The molecule has 0 aliphatic heterocycles. The molecule has 264 valence electrons. The lowest BCUT2D eigenvalue weighted by atomic mass is 9.97. The molecule has 0 atom stereocenters. The Balaban J connectivity index is 1.14. The molecule has 0 fully saturated rings. The van der Waals surface area contributed by atoms with E-state index in [1.54, 1.807) is 42.9 Å². The molecule has 8 nitrogen and oxygen atoms in total. The van der Waals surface area contributed by atoms with Crippen molar-refractivity contribution in [2.45, 2.75) is 27.2 Å².